The van der Waals surface area contributed by atoms with Gasteiger partial charge in [-0.3, -0.25) is 0 Å². The number of hydrogen-bond donors (Lipinski definition) is 1. The zero-order valence-electron chi connectivity index (χ0n) is 10.3. The highest BCUT2D eigenvalue weighted by molar-refractivity contribution is 5.56. The van der Waals surface area contributed by atoms with Gasteiger partial charge in [-0.05, 0) is 38.4 Å². The van der Waals surface area contributed by atoms with Crippen LogP contribution in [0.15, 0.2) is 24.3 Å². The molecule has 1 heterocycles. The third-order valence-corrected chi connectivity index (χ3v) is 2.87. The van der Waals surface area contributed by atoms with Crippen LogP contribution in [0.3, 0.4) is 0 Å². The third kappa shape index (κ3) is 2.36. The highest BCUT2D eigenvalue weighted by Crippen LogP contribution is 2.19. The monoisotopic (exact) mass is 230 g/mol. The SMILES string of the molecule is CCn1c(C)nnc1-c1cccc(CCN)c1. The molecule has 2 aromatic rings. The van der Waals surface area contributed by atoms with Crippen LogP contribution < -0.4 is 5.73 Å². The number of nitrogens with zero attached hydrogens (tertiary/aromatic N) is 3. The summed E-state index contributed by atoms with van der Waals surface area (Å²) in [6, 6.07) is 8.35. The average molecular weight is 230 g/mol. The molecule has 4 heteroatoms. The predicted octanol–water partition coefficient (Wildman–Crippen LogP) is 1.77. The van der Waals surface area contributed by atoms with Crippen molar-refractivity contribution in [1.82, 2.24) is 14.8 Å². The standard InChI is InChI=1S/C13H18N4/c1-3-17-10(2)15-16-13(17)12-6-4-5-11(9-12)7-8-14/h4-6,9H,3,7-8,14H2,1-2H3. The number of rotatable bonds is 4. The molecule has 0 atom stereocenters. The Morgan fingerprint density at radius 2 is 2.12 bits per heavy atom. The number of aryl methyl sites for hydroxylation is 1. The largest absolute Gasteiger partial charge is 0.330 e. The lowest BCUT2D eigenvalue weighted by molar-refractivity contribution is 0.736. The zero-order chi connectivity index (χ0) is 12.3. The molecule has 0 fully saturated rings. The van der Waals surface area contributed by atoms with Crippen molar-refractivity contribution < 1.29 is 0 Å². The minimum Gasteiger partial charge on any atom is -0.330 e. The van der Waals surface area contributed by atoms with Crippen molar-refractivity contribution in [2.45, 2.75) is 26.8 Å². The van der Waals surface area contributed by atoms with Crippen molar-refractivity contribution in [3.05, 3.63) is 35.7 Å². The smallest absolute Gasteiger partial charge is 0.163 e. The number of nitrogens with two attached hydrogens (primary N) is 1. The van der Waals surface area contributed by atoms with Crippen molar-refractivity contribution in [2.75, 3.05) is 6.54 Å². The summed E-state index contributed by atoms with van der Waals surface area (Å²) in [4.78, 5) is 0. The zero-order valence-corrected chi connectivity index (χ0v) is 10.3. The molecule has 0 radical (unpaired) electrons. The van der Waals surface area contributed by atoms with Gasteiger partial charge in [0.1, 0.15) is 5.82 Å². The maximum atomic E-state index is 5.58. The molecule has 90 valence electrons. The second-order valence-corrected chi connectivity index (χ2v) is 4.05. The van der Waals surface area contributed by atoms with Crippen LogP contribution in [0, 0.1) is 6.92 Å². The van der Waals surface area contributed by atoms with E-state index < -0.39 is 0 Å². The van der Waals surface area contributed by atoms with E-state index in [4.69, 9.17) is 5.73 Å². The predicted molar refractivity (Wildman–Crippen MR) is 68.6 cm³/mol. The Kier molecular flexibility index (Phi) is 3.54. The fraction of sp³-hybridized carbons (Fsp3) is 0.385. The van der Waals surface area contributed by atoms with Crippen LogP contribution in [0.5, 0.6) is 0 Å². The van der Waals surface area contributed by atoms with Crippen LogP contribution in [0.4, 0.5) is 0 Å². The molecular weight excluding hydrogens is 212 g/mol. The van der Waals surface area contributed by atoms with E-state index in [0.29, 0.717) is 6.54 Å². The van der Waals surface area contributed by atoms with Gasteiger partial charge in [0.05, 0.1) is 0 Å². The van der Waals surface area contributed by atoms with Crippen LogP contribution in [-0.4, -0.2) is 21.3 Å². The topological polar surface area (TPSA) is 56.7 Å². The van der Waals surface area contributed by atoms with E-state index in [2.05, 4.69) is 39.9 Å². The number of benzene rings is 1. The van der Waals surface area contributed by atoms with E-state index in [-0.39, 0.29) is 0 Å². The van der Waals surface area contributed by atoms with Crippen molar-refractivity contribution >= 4 is 0 Å². The Hall–Kier alpha value is -1.68. The molecule has 4 nitrogen and oxygen atoms in total. The number of hydrogen-bond acceptors (Lipinski definition) is 3. The maximum absolute atomic E-state index is 5.58. The molecule has 0 unspecified atom stereocenters. The van der Waals surface area contributed by atoms with E-state index >= 15 is 0 Å². The fourth-order valence-electron chi connectivity index (χ4n) is 2.01. The summed E-state index contributed by atoms with van der Waals surface area (Å²) in [5.41, 5.74) is 7.93. The summed E-state index contributed by atoms with van der Waals surface area (Å²) in [5.74, 6) is 1.88. The van der Waals surface area contributed by atoms with Crippen molar-refractivity contribution in [2.24, 2.45) is 5.73 Å². The summed E-state index contributed by atoms with van der Waals surface area (Å²) in [6.45, 7) is 5.63. The van der Waals surface area contributed by atoms with Gasteiger partial charge in [0.2, 0.25) is 0 Å². The summed E-state index contributed by atoms with van der Waals surface area (Å²) in [6.07, 6.45) is 0.896. The molecule has 0 spiro atoms. The summed E-state index contributed by atoms with van der Waals surface area (Å²) >= 11 is 0. The molecule has 0 bridgehead atoms. The molecule has 1 aromatic carbocycles. The van der Waals surface area contributed by atoms with Crippen molar-refractivity contribution in [3.63, 3.8) is 0 Å². The van der Waals surface area contributed by atoms with E-state index in [1.807, 2.05) is 13.0 Å². The van der Waals surface area contributed by atoms with Gasteiger partial charge in [-0.25, -0.2) is 0 Å². The van der Waals surface area contributed by atoms with Crippen LogP contribution in [-0.2, 0) is 13.0 Å². The van der Waals surface area contributed by atoms with Gasteiger partial charge in [0.15, 0.2) is 5.82 Å². The highest BCUT2D eigenvalue weighted by Gasteiger charge is 2.09. The van der Waals surface area contributed by atoms with Crippen LogP contribution >= 0.6 is 0 Å². The molecule has 0 aliphatic rings. The average Bonchev–Trinajstić information content (AvgIpc) is 2.71. The van der Waals surface area contributed by atoms with Gasteiger partial charge < -0.3 is 10.3 Å². The van der Waals surface area contributed by atoms with E-state index in [1.54, 1.807) is 0 Å². The van der Waals surface area contributed by atoms with Crippen LogP contribution in [0.25, 0.3) is 11.4 Å². The van der Waals surface area contributed by atoms with E-state index in [0.717, 1.165) is 30.2 Å². The molecule has 0 amide bonds. The van der Waals surface area contributed by atoms with E-state index in [1.165, 1.54) is 5.56 Å². The fourth-order valence-corrected chi connectivity index (χ4v) is 2.01. The maximum Gasteiger partial charge on any atom is 0.163 e. The first-order chi connectivity index (χ1) is 8.26. The molecule has 2 N–H and O–H groups in total. The quantitative estimate of drug-likeness (QED) is 0.871. The van der Waals surface area contributed by atoms with E-state index in [9.17, 15) is 0 Å². The molecule has 0 aliphatic heterocycles. The van der Waals surface area contributed by atoms with Crippen molar-refractivity contribution in [1.29, 1.82) is 0 Å². The van der Waals surface area contributed by atoms with Gasteiger partial charge >= 0.3 is 0 Å². The van der Waals surface area contributed by atoms with Gasteiger partial charge in [0, 0.05) is 12.1 Å². The normalized spacial score (nSPS) is 10.8. The second kappa shape index (κ2) is 5.10. The highest BCUT2D eigenvalue weighted by atomic mass is 15.3. The Morgan fingerprint density at radius 3 is 2.82 bits per heavy atom. The first-order valence-corrected chi connectivity index (χ1v) is 5.95. The third-order valence-electron chi connectivity index (χ3n) is 2.87. The molecule has 0 saturated carbocycles. The number of aromatic nitrogens is 3. The lowest BCUT2D eigenvalue weighted by Gasteiger charge is -2.06. The Balaban J connectivity index is 2.41. The van der Waals surface area contributed by atoms with Gasteiger partial charge in [0.25, 0.3) is 0 Å². The molecule has 17 heavy (non-hydrogen) atoms. The first kappa shape index (κ1) is 11.8. The van der Waals surface area contributed by atoms with Gasteiger partial charge in [-0.2, -0.15) is 0 Å². The molecule has 0 saturated heterocycles. The molecule has 1 aromatic heterocycles. The van der Waals surface area contributed by atoms with Crippen LogP contribution in [0.2, 0.25) is 0 Å². The molecule has 2 rings (SSSR count). The minimum absolute atomic E-state index is 0.670. The Labute approximate surface area is 101 Å². The summed E-state index contributed by atoms with van der Waals surface area (Å²) in [7, 11) is 0. The summed E-state index contributed by atoms with van der Waals surface area (Å²) in [5, 5.41) is 8.37. The lowest BCUT2D eigenvalue weighted by Crippen LogP contribution is -2.03. The lowest BCUT2D eigenvalue weighted by atomic mass is 10.1. The van der Waals surface area contributed by atoms with Gasteiger partial charge in [-0.15, -0.1) is 10.2 Å². The summed E-state index contributed by atoms with van der Waals surface area (Å²) < 4.78 is 2.11. The minimum atomic E-state index is 0.670. The second-order valence-electron chi connectivity index (χ2n) is 4.05. The van der Waals surface area contributed by atoms with Crippen molar-refractivity contribution in [3.8, 4) is 11.4 Å². The Morgan fingerprint density at radius 1 is 1.29 bits per heavy atom. The first-order valence-electron chi connectivity index (χ1n) is 5.95. The Bertz CT molecular complexity index is 502. The van der Waals surface area contributed by atoms with Crippen LogP contribution in [0.1, 0.15) is 18.3 Å². The molecule has 0 aliphatic carbocycles. The molecular formula is C13H18N4. The van der Waals surface area contributed by atoms with Gasteiger partial charge in [-0.1, -0.05) is 18.2 Å².